The second-order valence-electron chi connectivity index (χ2n) is 4.76. The number of nitrogens with zero attached hydrogens (tertiary/aromatic N) is 2. The van der Waals surface area contributed by atoms with Crippen LogP contribution in [0.4, 0.5) is 11.4 Å². The number of rotatable bonds is 3. The zero-order valence-electron chi connectivity index (χ0n) is 11.2. The normalized spacial score (nSPS) is 11.7. The van der Waals surface area contributed by atoms with E-state index in [4.69, 9.17) is 0 Å². The molecule has 3 rings (SSSR count). The van der Waals surface area contributed by atoms with Crippen LogP contribution in [0.25, 0.3) is 11.1 Å². The molecule has 0 saturated carbocycles. The maximum absolute atomic E-state index is 12.5. The van der Waals surface area contributed by atoms with E-state index in [1.807, 2.05) is 0 Å². The van der Waals surface area contributed by atoms with Crippen LogP contribution in [0.15, 0.2) is 30.3 Å². The quantitative estimate of drug-likeness (QED) is 0.578. The second kappa shape index (κ2) is 4.70. The molecule has 0 radical (unpaired) electrons. The van der Waals surface area contributed by atoms with Crippen molar-refractivity contribution in [2.45, 2.75) is 0 Å². The first-order chi connectivity index (χ1) is 10.8. The zero-order valence-corrected chi connectivity index (χ0v) is 11.2. The fourth-order valence-electron chi connectivity index (χ4n) is 2.62. The van der Waals surface area contributed by atoms with Crippen LogP contribution in [0, 0.1) is 20.2 Å². The van der Waals surface area contributed by atoms with Gasteiger partial charge in [-0.05, 0) is 23.3 Å². The number of non-ortho nitro benzene ring substituents is 1. The number of aromatic carboxylic acids is 1. The van der Waals surface area contributed by atoms with Gasteiger partial charge in [-0.3, -0.25) is 25.0 Å². The third-order valence-electron chi connectivity index (χ3n) is 3.57. The number of hydrogen-bond donors (Lipinski definition) is 1. The molecule has 0 fully saturated rings. The number of ketones is 1. The number of nitro benzene ring substituents is 2. The Morgan fingerprint density at radius 3 is 2.17 bits per heavy atom. The van der Waals surface area contributed by atoms with Gasteiger partial charge in [0.25, 0.3) is 11.4 Å². The summed E-state index contributed by atoms with van der Waals surface area (Å²) in [5.74, 6) is -2.39. The highest BCUT2D eigenvalue weighted by Gasteiger charge is 2.37. The number of hydrogen-bond acceptors (Lipinski definition) is 6. The summed E-state index contributed by atoms with van der Waals surface area (Å²) in [5, 5.41) is 31.1. The Kier molecular flexibility index (Phi) is 2.93. The van der Waals surface area contributed by atoms with Crippen LogP contribution >= 0.6 is 0 Å². The molecule has 0 spiro atoms. The molecule has 2 aromatic rings. The Balaban J connectivity index is 2.34. The average Bonchev–Trinajstić information content (AvgIpc) is 2.79. The summed E-state index contributed by atoms with van der Waals surface area (Å²) < 4.78 is 0. The number of nitro groups is 2. The van der Waals surface area contributed by atoms with Gasteiger partial charge in [0.1, 0.15) is 5.56 Å². The molecule has 0 amide bonds. The Hall–Kier alpha value is -3.62. The van der Waals surface area contributed by atoms with E-state index in [0.29, 0.717) is 5.56 Å². The van der Waals surface area contributed by atoms with E-state index in [0.717, 1.165) is 12.1 Å². The van der Waals surface area contributed by atoms with Crippen molar-refractivity contribution in [3.05, 3.63) is 67.3 Å². The molecule has 0 aromatic heterocycles. The van der Waals surface area contributed by atoms with E-state index in [1.165, 1.54) is 18.2 Å². The van der Waals surface area contributed by atoms with Gasteiger partial charge in [-0.15, -0.1) is 0 Å². The minimum atomic E-state index is -1.61. The lowest BCUT2D eigenvalue weighted by molar-refractivity contribution is -0.385. The van der Waals surface area contributed by atoms with Gasteiger partial charge >= 0.3 is 5.97 Å². The first-order valence-corrected chi connectivity index (χ1v) is 6.21. The van der Waals surface area contributed by atoms with Crippen molar-refractivity contribution in [1.29, 1.82) is 0 Å². The number of carboxylic acids is 1. The molecular formula is C14H6N2O7. The number of carboxylic acid groups (broad SMARTS) is 1. The molecule has 0 saturated heterocycles. The van der Waals surface area contributed by atoms with Gasteiger partial charge in [0.05, 0.1) is 15.4 Å². The van der Waals surface area contributed by atoms with E-state index in [9.17, 15) is 34.9 Å². The van der Waals surface area contributed by atoms with Crippen molar-refractivity contribution in [2.24, 2.45) is 0 Å². The third-order valence-corrected chi connectivity index (χ3v) is 3.57. The minimum Gasteiger partial charge on any atom is -0.477 e. The van der Waals surface area contributed by atoms with Gasteiger partial charge in [0.15, 0.2) is 5.78 Å². The zero-order chi connectivity index (χ0) is 16.9. The van der Waals surface area contributed by atoms with Crippen LogP contribution in [0.1, 0.15) is 26.3 Å². The monoisotopic (exact) mass is 314 g/mol. The molecule has 1 aliphatic carbocycles. The van der Waals surface area contributed by atoms with Crippen molar-refractivity contribution in [3.63, 3.8) is 0 Å². The van der Waals surface area contributed by atoms with E-state index >= 15 is 0 Å². The van der Waals surface area contributed by atoms with Crippen molar-refractivity contribution in [2.75, 3.05) is 0 Å². The average molecular weight is 314 g/mol. The molecule has 23 heavy (non-hydrogen) atoms. The maximum atomic E-state index is 12.5. The van der Waals surface area contributed by atoms with Crippen molar-refractivity contribution in [3.8, 4) is 11.1 Å². The minimum absolute atomic E-state index is 0.0443. The van der Waals surface area contributed by atoms with Crippen LogP contribution in [-0.4, -0.2) is 26.7 Å². The van der Waals surface area contributed by atoms with E-state index in [1.54, 1.807) is 0 Å². The van der Waals surface area contributed by atoms with Crippen LogP contribution in [0.5, 0.6) is 0 Å². The molecule has 114 valence electrons. The molecule has 0 heterocycles. The van der Waals surface area contributed by atoms with Gasteiger partial charge in [-0.2, -0.15) is 0 Å². The summed E-state index contributed by atoms with van der Waals surface area (Å²) in [4.78, 5) is 44.1. The highest BCUT2D eigenvalue weighted by molar-refractivity contribution is 6.26. The Bertz CT molecular complexity index is 933. The molecule has 0 atom stereocenters. The van der Waals surface area contributed by atoms with Crippen LogP contribution in [-0.2, 0) is 0 Å². The van der Waals surface area contributed by atoms with Gasteiger partial charge in [0.2, 0.25) is 0 Å². The number of carbonyl (C=O) groups is 2. The highest BCUT2D eigenvalue weighted by atomic mass is 16.6. The van der Waals surface area contributed by atoms with Gasteiger partial charge in [0, 0.05) is 23.8 Å². The maximum Gasteiger partial charge on any atom is 0.343 e. The topological polar surface area (TPSA) is 141 Å². The first-order valence-electron chi connectivity index (χ1n) is 6.21. The first kappa shape index (κ1) is 14.3. The molecular weight excluding hydrogens is 308 g/mol. The summed E-state index contributed by atoms with van der Waals surface area (Å²) in [6, 6.07) is 5.83. The SMILES string of the molecule is O=C1c2cc([N+](=O)[O-])ccc2-c2ccc([N+](=O)[O-])c(C(=O)O)c21. The Morgan fingerprint density at radius 1 is 0.957 bits per heavy atom. The summed E-state index contributed by atoms with van der Waals surface area (Å²) in [6.45, 7) is 0. The van der Waals surface area contributed by atoms with Gasteiger partial charge in [-0.1, -0.05) is 0 Å². The number of benzene rings is 2. The fraction of sp³-hybridized carbons (Fsp3) is 0. The van der Waals surface area contributed by atoms with E-state index < -0.39 is 32.9 Å². The molecule has 9 nitrogen and oxygen atoms in total. The summed E-state index contributed by atoms with van der Waals surface area (Å²) >= 11 is 0. The lowest BCUT2D eigenvalue weighted by Crippen LogP contribution is -2.10. The summed E-state index contributed by atoms with van der Waals surface area (Å²) in [6.07, 6.45) is 0. The van der Waals surface area contributed by atoms with E-state index in [-0.39, 0.29) is 22.4 Å². The third kappa shape index (κ3) is 1.94. The van der Waals surface area contributed by atoms with E-state index in [2.05, 4.69) is 0 Å². The number of carbonyl (C=O) groups excluding carboxylic acids is 1. The van der Waals surface area contributed by atoms with Crippen LogP contribution < -0.4 is 0 Å². The van der Waals surface area contributed by atoms with Crippen molar-refractivity contribution >= 4 is 23.1 Å². The molecule has 0 bridgehead atoms. The predicted molar refractivity (Wildman–Crippen MR) is 75.6 cm³/mol. The molecule has 2 aromatic carbocycles. The number of fused-ring (bicyclic) bond motifs is 3. The second-order valence-corrected chi connectivity index (χ2v) is 4.76. The lowest BCUT2D eigenvalue weighted by atomic mass is 9.99. The lowest BCUT2D eigenvalue weighted by Gasteiger charge is -2.04. The summed E-state index contributed by atoms with van der Waals surface area (Å²) in [7, 11) is 0. The van der Waals surface area contributed by atoms with Crippen molar-refractivity contribution in [1.82, 2.24) is 0 Å². The highest BCUT2D eigenvalue weighted by Crippen LogP contribution is 2.42. The molecule has 1 N–H and O–H groups in total. The van der Waals surface area contributed by atoms with Crippen LogP contribution in [0.2, 0.25) is 0 Å². The molecule has 1 aliphatic rings. The standard InChI is InChI=1S/C14H6N2O7/c17-13-9-5-6(15(20)21)1-2-7(9)8-3-4-10(16(22)23)12(11(8)13)14(18)19/h1-5H,(H,18,19). The fourth-order valence-corrected chi connectivity index (χ4v) is 2.62. The Morgan fingerprint density at radius 2 is 1.61 bits per heavy atom. The van der Waals surface area contributed by atoms with Crippen LogP contribution in [0.3, 0.4) is 0 Å². The van der Waals surface area contributed by atoms with Gasteiger partial charge < -0.3 is 5.11 Å². The molecule has 9 heteroatoms. The molecule has 0 unspecified atom stereocenters. The predicted octanol–water partition coefficient (Wildman–Crippen LogP) is 2.41. The Labute approximate surface area is 127 Å². The molecule has 0 aliphatic heterocycles. The van der Waals surface area contributed by atoms with Crippen molar-refractivity contribution < 1.29 is 24.5 Å². The van der Waals surface area contributed by atoms with Gasteiger partial charge in [-0.25, -0.2) is 4.79 Å². The largest absolute Gasteiger partial charge is 0.477 e. The summed E-state index contributed by atoms with van der Waals surface area (Å²) in [5.41, 5.74) is -1.57. The smallest absolute Gasteiger partial charge is 0.343 e.